The third-order valence-corrected chi connectivity index (χ3v) is 1.63. The molecule has 0 bridgehead atoms. The maximum Gasteiger partial charge on any atom is 0.244 e. The van der Waals surface area contributed by atoms with Gasteiger partial charge in [0.05, 0.1) is 6.04 Å². The van der Waals surface area contributed by atoms with Gasteiger partial charge in [0.25, 0.3) is 0 Å². The van der Waals surface area contributed by atoms with E-state index < -0.39 is 0 Å². The van der Waals surface area contributed by atoms with Gasteiger partial charge in [-0.25, -0.2) is 4.68 Å². The molecule has 0 saturated carbocycles. The van der Waals surface area contributed by atoms with Crippen LogP contribution in [-0.2, 0) is 0 Å². The van der Waals surface area contributed by atoms with Gasteiger partial charge in [-0.2, -0.15) is 4.98 Å². The van der Waals surface area contributed by atoms with E-state index in [1.807, 2.05) is 13.8 Å². The maximum atomic E-state index is 5.71. The first kappa shape index (κ1) is 10.8. The lowest BCUT2D eigenvalue weighted by Crippen LogP contribution is -2.26. The van der Waals surface area contributed by atoms with Crippen LogP contribution < -0.4 is 11.1 Å². The molecule has 0 fully saturated rings. The fourth-order valence-corrected chi connectivity index (χ4v) is 1.10. The van der Waals surface area contributed by atoms with Crippen LogP contribution in [0.1, 0.15) is 40.7 Å². The molecular weight excluding hydrogens is 178 g/mol. The Labute approximate surface area is 84.7 Å². The predicted octanol–water partition coefficient (Wildman–Crippen LogP) is 1.65. The van der Waals surface area contributed by atoms with E-state index in [2.05, 4.69) is 36.2 Å². The van der Waals surface area contributed by atoms with E-state index in [9.17, 15) is 0 Å². The van der Waals surface area contributed by atoms with Gasteiger partial charge in [-0.3, -0.25) is 0 Å². The molecule has 0 atom stereocenters. The zero-order chi connectivity index (χ0) is 10.9. The van der Waals surface area contributed by atoms with Crippen LogP contribution in [0.2, 0.25) is 0 Å². The van der Waals surface area contributed by atoms with E-state index >= 15 is 0 Å². The topological polar surface area (TPSA) is 68.8 Å². The fraction of sp³-hybridized carbons (Fsp3) is 0.778. The molecule has 1 heterocycles. The molecule has 0 radical (unpaired) electrons. The maximum absolute atomic E-state index is 5.71. The lowest BCUT2D eigenvalue weighted by Gasteiger charge is -2.18. The minimum absolute atomic E-state index is 0.0460. The molecule has 3 N–H and O–H groups in total. The second kappa shape index (κ2) is 3.48. The quantitative estimate of drug-likeness (QED) is 0.756. The molecule has 1 aromatic heterocycles. The molecule has 0 spiro atoms. The van der Waals surface area contributed by atoms with Crippen molar-refractivity contribution in [2.45, 2.75) is 46.2 Å². The van der Waals surface area contributed by atoms with E-state index in [-0.39, 0.29) is 11.6 Å². The molecule has 0 unspecified atom stereocenters. The summed E-state index contributed by atoms with van der Waals surface area (Å²) in [4.78, 5) is 4.14. The van der Waals surface area contributed by atoms with E-state index in [1.54, 1.807) is 4.68 Å². The first-order valence-corrected chi connectivity index (χ1v) is 4.80. The summed E-state index contributed by atoms with van der Waals surface area (Å²) >= 11 is 0. The number of hydrogen-bond acceptors (Lipinski definition) is 4. The van der Waals surface area contributed by atoms with Crippen molar-refractivity contribution in [2.24, 2.45) is 0 Å². The molecule has 0 aliphatic carbocycles. The molecule has 5 nitrogen and oxygen atoms in total. The van der Waals surface area contributed by atoms with Crippen molar-refractivity contribution < 1.29 is 0 Å². The SMILES string of the molecule is CC(C)n1nc(NC(C)(C)C)nc1N. The van der Waals surface area contributed by atoms with Gasteiger partial charge in [-0.05, 0) is 34.6 Å². The van der Waals surface area contributed by atoms with E-state index in [0.29, 0.717) is 11.9 Å². The highest BCUT2D eigenvalue weighted by atomic mass is 15.4. The summed E-state index contributed by atoms with van der Waals surface area (Å²) in [5, 5.41) is 7.44. The van der Waals surface area contributed by atoms with Gasteiger partial charge in [0.1, 0.15) is 0 Å². The van der Waals surface area contributed by atoms with Gasteiger partial charge in [0, 0.05) is 5.54 Å². The molecule has 0 saturated heterocycles. The smallest absolute Gasteiger partial charge is 0.244 e. The lowest BCUT2D eigenvalue weighted by atomic mass is 10.1. The second-order valence-electron chi connectivity index (χ2n) is 4.71. The van der Waals surface area contributed by atoms with Gasteiger partial charge in [-0.15, -0.1) is 5.10 Å². The third-order valence-electron chi connectivity index (χ3n) is 1.63. The standard InChI is InChI=1S/C9H19N5/c1-6(2)14-7(10)11-8(13-14)12-9(3,4)5/h6H,1-5H3,(H3,10,11,12,13). The van der Waals surface area contributed by atoms with Crippen LogP contribution in [0.25, 0.3) is 0 Å². The minimum atomic E-state index is -0.0460. The summed E-state index contributed by atoms with van der Waals surface area (Å²) in [6.07, 6.45) is 0. The van der Waals surface area contributed by atoms with Crippen LogP contribution in [-0.4, -0.2) is 20.3 Å². The normalized spacial score (nSPS) is 12.1. The fourth-order valence-electron chi connectivity index (χ4n) is 1.10. The number of hydrogen-bond donors (Lipinski definition) is 2. The molecule has 0 amide bonds. The Morgan fingerprint density at radius 2 is 1.93 bits per heavy atom. The molecular formula is C9H19N5. The minimum Gasteiger partial charge on any atom is -0.368 e. The van der Waals surface area contributed by atoms with Gasteiger partial charge < -0.3 is 11.1 Å². The Morgan fingerprint density at radius 1 is 1.36 bits per heavy atom. The van der Waals surface area contributed by atoms with Gasteiger partial charge in [0.2, 0.25) is 11.9 Å². The van der Waals surface area contributed by atoms with Crippen LogP contribution in [0.3, 0.4) is 0 Å². The number of rotatable bonds is 2. The van der Waals surface area contributed by atoms with Crippen molar-refractivity contribution in [3.8, 4) is 0 Å². The van der Waals surface area contributed by atoms with Crippen molar-refractivity contribution in [1.29, 1.82) is 0 Å². The van der Waals surface area contributed by atoms with Crippen LogP contribution in [0.4, 0.5) is 11.9 Å². The second-order valence-corrected chi connectivity index (χ2v) is 4.71. The molecule has 0 aliphatic rings. The monoisotopic (exact) mass is 197 g/mol. The highest BCUT2D eigenvalue weighted by Crippen LogP contribution is 2.15. The summed E-state index contributed by atoms with van der Waals surface area (Å²) in [5.41, 5.74) is 5.66. The van der Waals surface area contributed by atoms with E-state index in [4.69, 9.17) is 5.73 Å². The van der Waals surface area contributed by atoms with Crippen molar-refractivity contribution >= 4 is 11.9 Å². The van der Waals surface area contributed by atoms with E-state index in [1.165, 1.54) is 0 Å². The lowest BCUT2D eigenvalue weighted by molar-refractivity contribution is 0.537. The third kappa shape index (κ3) is 2.61. The number of nitrogen functional groups attached to an aromatic ring is 1. The summed E-state index contributed by atoms with van der Waals surface area (Å²) in [7, 11) is 0. The Morgan fingerprint density at radius 3 is 2.29 bits per heavy atom. The largest absolute Gasteiger partial charge is 0.368 e. The molecule has 0 aromatic carbocycles. The van der Waals surface area contributed by atoms with Crippen LogP contribution in [0.15, 0.2) is 0 Å². The summed E-state index contributed by atoms with van der Waals surface area (Å²) in [6.45, 7) is 10.2. The Bertz CT molecular complexity index is 307. The Hall–Kier alpha value is -1.26. The number of anilines is 2. The van der Waals surface area contributed by atoms with Crippen LogP contribution >= 0.6 is 0 Å². The number of nitrogens with two attached hydrogens (primary N) is 1. The average Bonchev–Trinajstić information content (AvgIpc) is 2.26. The predicted molar refractivity (Wildman–Crippen MR) is 58.2 cm³/mol. The average molecular weight is 197 g/mol. The summed E-state index contributed by atoms with van der Waals surface area (Å²) in [6, 6.07) is 0.234. The first-order valence-electron chi connectivity index (χ1n) is 4.80. The summed E-state index contributed by atoms with van der Waals surface area (Å²) in [5.74, 6) is 1.04. The van der Waals surface area contributed by atoms with Crippen molar-refractivity contribution in [3.63, 3.8) is 0 Å². The van der Waals surface area contributed by atoms with Crippen molar-refractivity contribution in [1.82, 2.24) is 14.8 Å². The molecule has 5 heteroatoms. The van der Waals surface area contributed by atoms with E-state index in [0.717, 1.165) is 0 Å². The zero-order valence-electron chi connectivity index (χ0n) is 9.50. The van der Waals surface area contributed by atoms with Gasteiger partial charge in [0.15, 0.2) is 0 Å². The highest BCUT2D eigenvalue weighted by molar-refractivity contribution is 5.33. The summed E-state index contributed by atoms with van der Waals surface area (Å²) < 4.78 is 1.70. The molecule has 0 aliphatic heterocycles. The van der Waals surface area contributed by atoms with Crippen LogP contribution in [0, 0.1) is 0 Å². The zero-order valence-corrected chi connectivity index (χ0v) is 9.50. The van der Waals surface area contributed by atoms with Crippen LogP contribution in [0.5, 0.6) is 0 Å². The van der Waals surface area contributed by atoms with Gasteiger partial charge >= 0.3 is 0 Å². The van der Waals surface area contributed by atoms with Crippen molar-refractivity contribution in [2.75, 3.05) is 11.1 Å². The Kier molecular flexibility index (Phi) is 2.69. The van der Waals surface area contributed by atoms with Gasteiger partial charge in [-0.1, -0.05) is 0 Å². The van der Waals surface area contributed by atoms with Crippen molar-refractivity contribution in [3.05, 3.63) is 0 Å². The number of aromatic nitrogens is 3. The highest BCUT2D eigenvalue weighted by Gasteiger charge is 2.15. The number of nitrogens with zero attached hydrogens (tertiary/aromatic N) is 3. The molecule has 1 rings (SSSR count). The molecule has 1 aromatic rings. The Balaban J connectivity index is 2.86. The number of nitrogens with one attached hydrogen (secondary N) is 1. The molecule has 80 valence electrons. The first-order chi connectivity index (χ1) is 6.29. The molecule has 14 heavy (non-hydrogen) atoms.